The molecule has 246 valence electrons. The topological polar surface area (TPSA) is 9.86 Å². The largest absolute Gasteiger partial charge is 0.309 e. The van der Waals surface area contributed by atoms with Crippen molar-refractivity contribution in [3.8, 4) is 33.6 Å². The van der Waals surface area contributed by atoms with Crippen molar-refractivity contribution in [1.29, 1.82) is 0 Å². The summed E-state index contributed by atoms with van der Waals surface area (Å²) in [5.74, 6) is 0. The van der Waals surface area contributed by atoms with E-state index in [1.54, 1.807) is 11.8 Å². The van der Waals surface area contributed by atoms with Crippen LogP contribution >= 0.6 is 11.8 Å². The predicted molar refractivity (Wildman–Crippen MR) is 223 cm³/mol. The number of hydrogen-bond donors (Lipinski definition) is 0. The summed E-state index contributed by atoms with van der Waals surface area (Å²) in [5, 5.41) is 5.01. The molecular formula is C49H34N2S. The summed E-state index contributed by atoms with van der Waals surface area (Å²) < 4.78 is 4.85. The van der Waals surface area contributed by atoms with Gasteiger partial charge in [0.1, 0.15) is 0 Å². The third kappa shape index (κ3) is 5.05. The Balaban J connectivity index is 1.12. The van der Waals surface area contributed by atoms with Crippen molar-refractivity contribution in [1.82, 2.24) is 9.13 Å². The lowest BCUT2D eigenvalue weighted by Gasteiger charge is -2.14. The Labute approximate surface area is 307 Å². The minimum absolute atomic E-state index is 0.881. The summed E-state index contributed by atoms with van der Waals surface area (Å²) in [6.45, 7) is 4.24. The van der Waals surface area contributed by atoms with Gasteiger partial charge in [0.2, 0.25) is 0 Å². The van der Waals surface area contributed by atoms with Crippen molar-refractivity contribution in [3.05, 3.63) is 199 Å². The fourth-order valence-corrected chi connectivity index (χ4v) is 8.79. The first-order chi connectivity index (χ1) is 25.7. The fraction of sp³-hybridized carbons (Fsp3) is 0.0204. The standard InChI is InChI=1S/C49H34N2S/c1-33-14-4-2-7-17-37-30-38(26-29-49(37)52-33)50-45-22-12-9-19-40(45)42-31-35(24-27-47(42)50)36-25-28-48-43(32-36)41-20-10-13-23-46(41)51(48)44-21-11-8-18-39(44)34-15-5-3-6-16-34/h2-16,18-32H,1,17H2/b7-2-,14-4-. The molecule has 0 radical (unpaired) electrons. The third-order valence-corrected chi connectivity index (χ3v) is 11.3. The van der Waals surface area contributed by atoms with Crippen LogP contribution in [0, 0.1) is 0 Å². The summed E-state index contributed by atoms with van der Waals surface area (Å²) >= 11 is 1.74. The van der Waals surface area contributed by atoms with Crippen molar-refractivity contribution in [2.24, 2.45) is 0 Å². The first-order valence-electron chi connectivity index (χ1n) is 17.8. The van der Waals surface area contributed by atoms with Gasteiger partial charge in [-0.3, -0.25) is 0 Å². The maximum absolute atomic E-state index is 4.24. The summed E-state index contributed by atoms with van der Waals surface area (Å²) in [6, 6.07) is 57.8. The van der Waals surface area contributed by atoms with Crippen molar-refractivity contribution in [3.63, 3.8) is 0 Å². The van der Waals surface area contributed by atoms with Gasteiger partial charge in [-0.1, -0.05) is 134 Å². The molecule has 1 aliphatic rings. The molecule has 2 nitrogen and oxygen atoms in total. The van der Waals surface area contributed by atoms with Gasteiger partial charge in [-0.25, -0.2) is 0 Å². The van der Waals surface area contributed by atoms with Crippen LogP contribution in [0.4, 0.5) is 0 Å². The third-order valence-electron chi connectivity index (χ3n) is 10.3. The van der Waals surface area contributed by atoms with Crippen molar-refractivity contribution in [2.75, 3.05) is 0 Å². The number of aromatic nitrogens is 2. The lowest BCUT2D eigenvalue weighted by Crippen LogP contribution is -1.97. The number of thioether (sulfide) groups is 1. The van der Waals surface area contributed by atoms with E-state index in [9.17, 15) is 0 Å². The second kappa shape index (κ2) is 12.5. The fourth-order valence-electron chi connectivity index (χ4n) is 7.95. The Bertz CT molecular complexity index is 2920. The van der Waals surface area contributed by atoms with Crippen LogP contribution in [0.1, 0.15) is 5.56 Å². The second-order valence-electron chi connectivity index (χ2n) is 13.4. The van der Waals surface area contributed by atoms with Gasteiger partial charge in [0, 0.05) is 42.6 Å². The average molecular weight is 683 g/mol. The van der Waals surface area contributed by atoms with Crippen molar-refractivity contribution in [2.45, 2.75) is 11.3 Å². The van der Waals surface area contributed by atoms with Gasteiger partial charge in [0.05, 0.1) is 27.8 Å². The van der Waals surface area contributed by atoms with E-state index >= 15 is 0 Å². The van der Waals surface area contributed by atoms with Gasteiger partial charge in [0.15, 0.2) is 0 Å². The number of allylic oxidation sites excluding steroid dienone is 4. The minimum Gasteiger partial charge on any atom is -0.309 e. The highest BCUT2D eigenvalue weighted by molar-refractivity contribution is 8.03. The molecule has 0 N–H and O–H groups in total. The lowest BCUT2D eigenvalue weighted by molar-refractivity contribution is 1.12. The SMILES string of the molecule is C=C1/C=C\C=C/Cc2cc(-n3c4ccccc4c4cc(-c5ccc6c(c5)c5ccccc5n6-c5ccccc5-c5ccccc5)ccc43)ccc2S1. The number of fused-ring (bicyclic) bond motifs is 7. The van der Waals surface area contributed by atoms with E-state index in [1.807, 2.05) is 0 Å². The monoisotopic (exact) mass is 682 g/mol. The van der Waals surface area contributed by atoms with Crippen LogP contribution in [0.25, 0.3) is 77.2 Å². The first-order valence-corrected chi connectivity index (χ1v) is 18.6. The van der Waals surface area contributed by atoms with Crippen LogP contribution in [0.2, 0.25) is 0 Å². The molecule has 0 amide bonds. The summed E-state index contributed by atoms with van der Waals surface area (Å²) in [6.07, 6.45) is 9.38. The number of benzene rings is 7. The summed E-state index contributed by atoms with van der Waals surface area (Å²) in [7, 11) is 0. The number of nitrogens with zero attached hydrogens (tertiary/aromatic N) is 2. The highest BCUT2D eigenvalue weighted by atomic mass is 32.2. The smallest absolute Gasteiger partial charge is 0.0541 e. The zero-order valence-electron chi connectivity index (χ0n) is 28.5. The van der Waals surface area contributed by atoms with Gasteiger partial charge in [-0.15, -0.1) is 0 Å². The molecular weight excluding hydrogens is 649 g/mol. The minimum atomic E-state index is 0.881. The van der Waals surface area contributed by atoms with E-state index in [-0.39, 0.29) is 0 Å². The number of para-hydroxylation sites is 3. The molecule has 0 bridgehead atoms. The van der Waals surface area contributed by atoms with Gasteiger partial charge in [-0.2, -0.15) is 0 Å². The normalized spacial score (nSPS) is 14.3. The highest BCUT2D eigenvalue weighted by Gasteiger charge is 2.18. The van der Waals surface area contributed by atoms with Crippen molar-refractivity contribution < 1.29 is 0 Å². The molecule has 3 heteroatoms. The molecule has 0 aliphatic carbocycles. The summed E-state index contributed by atoms with van der Waals surface area (Å²) in [5.41, 5.74) is 13.3. The molecule has 0 atom stereocenters. The van der Waals surface area contributed by atoms with Gasteiger partial charge in [0.25, 0.3) is 0 Å². The Kier molecular flexibility index (Phi) is 7.33. The second-order valence-corrected chi connectivity index (χ2v) is 14.6. The van der Waals surface area contributed by atoms with Crippen LogP contribution in [0.3, 0.4) is 0 Å². The van der Waals surface area contributed by atoms with E-state index in [4.69, 9.17) is 0 Å². The summed E-state index contributed by atoms with van der Waals surface area (Å²) in [4.78, 5) is 2.30. The first kappa shape index (κ1) is 30.5. The Morgan fingerprint density at radius 2 is 1.10 bits per heavy atom. The van der Waals surface area contributed by atoms with Gasteiger partial charge < -0.3 is 9.13 Å². The number of rotatable bonds is 4. The van der Waals surface area contributed by atoms with Crippen LogP contribution in [0.15, 0.2) is 198 Å². The van der Waals surface area contributed by atoms with Crippen LogP contribution < -0.4 is 0 Å². The molecule has 3 heterocycles. The number of hydrogen-bond acceptors (Lipinski definition) is 1. The zero-order chi connectivity index (χ0) is 34.6. The van der Waals surface area contributed by atoms with Crippen LogP contribution in [0.5, 0.6) is 0 Å². The molecule has 0 saturated heterocycles. The maximum Gasteiger partial charge on any atom is 0.0541 e. The molecule has 0 fully saturated rings. The molecule has 10 rings (SSSR count). The maximum atomic E-state index is 4.24. The molecule has 1 aliphatic heterocycles. The predicted octanol–water partition coefficient (Wildman–Crippen LogP) is 13.5. The zero-order valence-corrected chi connectivity index (χ0v) is 29.4. The Hall–Kier alpha value is -6.29. The van der Waals surface area contributed by atoms with Crippen molar-refractivity contribution >= 4 is 55.4 Å². The molecule has 7 aromatic carbocycles. The molecule has 0 unspecified atom stereocenters. The quantitative estimate of drug-likeness (QED) is 0.180. The van der Waals surface area contributed by atoms with E-state index in [2.05, 4.69) is 198 Å². The van der Waals surface area contributed by atoms with E-state index in [1.165, 1.54) is 87.7 Å². The Morgan fingerprint density at radius 3 is 1.85 bits per heavy atom. The van der Waals surface area contributed by atoms with Gasteiger partial charge >= 0.3 is 0 Å². The van der Waals surface area contributed by atoms with Gasteiger partial charge in [-0.05, 0) is 95.4 Å². The Morgan fingerprint density at radius 1 is 0.481 bits per heavy atom. The molecule has 0 saturated carbocycles. The van der Waals surface area contributed by atoms with E-state index < -0.39 is 0 Å². The average Bonchev–Trinajstić information content (AvgIpc) is 3.73. The molecule has 2 aromatic heterocycles. The molecule has 9 aromatic rings. The van der Waals surface area contributed by atoms with Crippen LogP contribution in [-0.2, 0) is 6.42 Å². The van der Waals surface area contributed by atoms with E-state index in [0.29, 0.717) is 0 Å². The highest BCUT2D eigenvalue weighted by Crippen LogP contribution is 2.40. The molecule has 52 heavy (non-hydrogen) atoms. The van der Waals surface area contributed by atoms with Crippen LogP contribution in [-0.4, -0.2) is 9.13 Å². The molecule has 0 spiro atoms. The van der Waals surface area contributed by atoms with E-state index in [0.717, 1.165) is 11.3 Å². The lowest BCUT2D eigenvalue weighted by atomic mass is 10.0.